The highest BCUT2D eigenvalue weighted by molar-refractivity contribution is 5.66. The largest absolute Gasteiger partial charge is 0.481 e. The quantitative estimate of drug-likeness (QED) is 0.220. The third kappa shape index (κ3) is 34.6. The Morgan fingerprint density at radius 3 is 1.83 bits per heavy atom. The summed E-state index contributed by atoms with van der Waals surface area (Å²) in [5.74, 6) is 15.3. The summed E-state index contributed by atoms with van der Waals surface area (Å²) in [6.45, 7) is 2.06. The van der Waals surface area contributed by atoms with Crippen molar-refractivity contribution in [2.75, 3.05) is 0 Å². The van der Waals surface area contributed by atoms with Crippen molar-refractivity contribution in [3.63, 3.8) is 0 Å². The minimum Gasteiger partial charge on any atom is -0.481 e. The maximum absolute atomic E-state index is 9.87. The van der Waals surface area contributed by atoms with Gasteiger partial charge in [-0.05, 0) is 6.42 Å². The van der Waals surface area contributed by atoms with E-state index in [1.807, 2.05) is 0 Å². The second-order valence-corrected chi connectivity index (χ2v) is 1.85. The number of rotatable bonds is 4. The number of hydrogen-bond acceptors (Lipinski definition) is 5. The number of nitrogens with two attached hydrogens (primary N) is 4. The monoisotopic (exact) mass is 180 g/mol. The highest BCUT2D eigenvalue weighted by Gasteiger charge is 1.92. The molecule has 0 saturated carbocycles. The zero-order chi connectivity index (χ0) is 10.4. The van der Waals surface area contributed by atoms with Crippen LogP contribution in [0.4, 0.5) is 0 Å². The van der Waals surface area contributed by atoms with Crippen LogP contribution in [0.5, 0.6) is 0 Å². The van der Waals surface area contributed by atoms with E-state index in [4.69, 9.17) is 5.11 Å². The minimum absolute atomic E-state index is 0.327. The summed E-state index contributed by atoms with van der Waals surface area (Å²) in [6, 6.07) is 0. The lowest BCUT2D eigenvalue weighted by molar-refractivity contribution is -0.137. The summed E-state index contributed by atoms with van der Waals surface area (Å²) >= 11 is 0. The number of hydrogen-bond donors (Lipinski definition) is 5. The summed E-state index contributed by atoms with van der Waals surface area (Å²) in [7, 11) is 0. The molecule has 6 nitrogen and oxygen atoms in total. The van der Waals surface area contributed by atoms with E-state index in [0.29, 0.717) is 6.42 Å². The minimum atomic E-state index is -0.682. The van der Waals surface area contributed by atoms with Crippen molar-refractivity contribution in [2.24, 2.45) is 23.4 Å². The van der Waals surface area contributed by atoms with Gasteiger partial charge in [0.05, 0.1) is 0 Å². The Bertz CT molecular complexity index is 79.9. The molecule has 0 bridgehead atoms. The van der Waals surface area contributed by atoms with Crippen molar-refractivity contribution in [1.82, 2.24) is 0 Å². The van der Waals surface area contributed by atoms with Crippen molar-refractivity contribution < 1.29 is 9.90 Å². The Kier molecular flexibility index (Phi) is 32.6. The van der Waals surface area contributed by atoms with Crippen LogP contribution in [0.3, 0.4) is 0 Å². The van der Waals surface area contributed by atoms with Gasteiger partial charge >= 0.3 is 5.97 Å². The maximum Gasteiger partial charge on any atom is 0.303 e. The first-order valence-corrected chi connectivity index (χ1v) is 3.66. The summed E-state index contributed by atoms with van der Waals surface area (Å²) in [5, 5.41) is 8.14. The van der Waals surface area contributed by atoms with E-state index < -0.39 is 5.97 Å². The molecule has 0 fully saturated rings. The van der Waals surface area contributed by atoms with Crippen LogP contribution in [0.15, 0.2) is 0 Å². The first-order valence-electron chi connectivity index (χ1n) is 3.66. The fourth-order valence-corrected chi connectivity index (χ4v) is 0.526. The molecule has 12 heavy (non-hydrogen) atoms. The van der Waals surface area contributed by atoms with E-state index in [0.717, 1.165) is 19.3 Å². The predicted molar refractivity (Wildman–Crippen MR) is 48.5 cm³/mol. The smallest absolute Gasteiger partial charge is 0.303 e. The number of hydrazine groups is 2. The Labute approximate surface area is 72.8 Å². The van der Waals surface area contributed by atoms with Crippen molar-refractivity contribution >= 4 is 5.97 Å². The zero-order valence-corrected chi connectivity index (χ0v) is 7.49. The average molecular weight is 180 g/mol. The molecular formula is C6H20N4O2. The van der Waals surface area contributed by atoms with Gasteiger partial charge in [0.25, 0.3) is 0 Å². The van der Waals surface area contributed by atoms with Crippen molar-refractivity contribution in [3.8, 4) is 0 Å². The molecule has 0 aliphatic heterocycles. The molecule has 0 rings (SSSR count). The lowest BCUT2D eigenvalue weighted by Gasteiger charge is -1.89. The van der Waals surface area contributed by atoms with Gasteiger partial charge in [0.2, 0.25) is 0 Å². The Morgan fingerprint density at radius 1 is 1.17 bits per heavy atom. The molecule has 0 aromatic heterocycles. The number of aliphatic carboxylic acids is 1. The standard InChI is InChI=1S/C6H12O2.2H4N2/c1-2-3-4-5-6(7)8;2*1-2/h2-5H2,1H3,(H,7,8);2*1-2H2. The Balaban J connectivity index is -0.000000175. The van der Waals surface area contributed by atoms with Gasteiger partial charge < -0.3 is 5.11 Å². The SMILES string of the molecule is CCCCCC(=O)O.NN.NN. The van der Waals surface area contributed by atoms with Crippen LogP contribution in [0, 0.1) is 0 Å². The van der Waals surface area contributed by atoms with E-state index in [1.165, 1.54) is 0 Å². The fourth-order valence-electron chi connectivity index (χ4n) is 0.526. The van der Waals surface area contributed by atoms with Gasteiger partial charge in [-0.15, -0.1) is 0 Å². The molecule has 0 aliphatic rings. The molecule has 76 valence electrons. The molecule has 0 heterocycles. The molecule has 0 aromatic rings. The van der Waals surface area contributed by atoms with Gasteiger partial charge in [-0.1, -0.05) is 19.8 Å². The van der Waals surface area contributed by atoms with Crippen LogP contribution in [0.25, 0.3) is 0 Å². The van der Waals surface area contributed by atoms with Crippen LogP contribution in [-0.2, 0) is 4.79 Å². The predicted octanol–water partition coefficient (Wildman–Crippen LogP) is -0.711. The van der Waals surface area contributed by atoms with E-state index in [2.05, 4.69) is 30.3 Å². The van der Waals surface area contributed by atoms with Crippen molar-refractivity contribution in [3.05, 3.63) is 0 Å². The molecule has 6 heteroatoms. The number of unbranched alkanes of at least 4 members (excludes halogenated alkanes) is 2. The third-order valence-corrected chi connectivity index (χ3v) is 0.994. The lowest BCUT2D eigenvalue weighted by atomic mass is 10.2. The third-order valence-electron chi connectivity index (χ3n) is 0.994. The number of carbonyl (C=O) groups is 1. The molecule has 0 saturated heterocycles. The van der Waals surface area contributed by atoms with E-state index in [9.17, 15) is 4.79 Å². The van der Waals surface area contributed by atoms with Crippen LogP contribution >= 0.6 is 0 Å². The maximum atomic E-state index is 9.87. The molecule has 0 atom stereocenters. The molecule has 0 spiro atoms. The number of carboxylic acid groups (broad SMARTS) is 1. The highest BCUT2D eigenvalue weighted by atomic mass is 16.4. The van der Waals surface area contributed by atoms with Crippen LogP contribution in [0.1, 0.15) is 32.6 Å². The second-order valence-electron chi connectivity index (χ2n) is 1.85. The Morgan fingerprint density at radius 2 is 1.58 bits per heavy atom. The van der Waals surface area contributed by atoms with Crippen LogP contribution in [-0.4, -0.2) is 11.1 Å². The molecule has 0 aliphatic carbocycles. The van der Waals surface area contributed by atoms with Crippen molar-refractivity contribution in [1.29, 1.82) is 0 Å². The molecule has 0 aromatic carbocycles. The highest BCUT2D eigenvalue weighted by Crippen LogP contribution is 1.97. The average Bonchev–Trinajstić information content (AvgIpc) is 2.12. The first-order chi connectivity index (χ1) is 5.77. The lowest BCUT2D eigenvalue weighted by Crippen LogP contribution is -2.02. The fraction of sp³-hybridized carbons (Fsp3) is 0.833. The van der Waals surface area contributed by atoms with Gasteiger partial charge in [-0.25, -0.2) is 0 Å². The van der Waals surface area contributed by atoms with Gasteiger partial charge in [0.1, 0.15) is 0 Å². The van der Waals surface area contributed by atoms with Gasteiger partial charge in [0, 0.05) is 6.42 Å². The van der Waals surface area contributed by atoms with Gasteiger partial charge in [-0.2, -0.15) is 0 Å². The normalized spacial score (nSPS) is 7.08. The number of carboxylic acids is 1. The molecule has 0 radical (unpaired) electrons. The van der Waals surface area contributed by atoms with Gasteiger partial charge in [0.15, 0.2) is 0 Å². The Hall–Kier alpha value is -0.690. The van der Waals surface area contributed by atoms with Crippen molar-refractivity contribution in [2.45, 2.75) is 32.6 Å². The van der Waals surface area contributed by atoms with E-state index in [-0.39, 0.29) is 0 Å². The van der Waals surface area contributed by atoms with Crippen LogP contribution in [0.2, 0.25) is 0 Å². The molecule has 0 unspecified atom stereocenters. The zero-order valence-electron chi connectivity index (χ0n) is 7.49. The van der Waals surface area contributed by atoms with E-state index in [1.54, 1.807) is 0 Å². The molecule has 9 N–H and O–H groups in total. The summed E-state index contributed by atoms with van der Waals surface area (Å²) in [6.07, 6.45) is 3.28. The van der Waals surface area contributed by atoms with E-state index >= 15 is 0 Å². The summed E-state index contributed by atoms with van der Waals surface area (Å²) in [4.78, 5) is 9.87. The summed E-state index contributed by atoms with van der Waals surface area (Å²) in [5.41, 5.74) is 0. The van der Waals surface area contributed by atoms with Crippen LogP contribution < -0.4 is 23.4 Å². The second kappa shape index (κ2) is 22.4. The molecule has 0 amide bonds. The molecular weight excluding hydrogens is 160 g/mol. The first kappa shape index (κ1) is 17.4. The summed E-state index contributed by atoms with van der Waals surface area (Å²) < 4.78 is 0. The topological polar surface area (TPSA) is 141 Å². The van der Waals surface area contributed by atoms with Gasteiger partial charge in [-0.3, -0.25) is 28.2 Å².